The van der Waals surface area contributed by atoms with E-state index in [0.717, 1.165) is 18.4 Å². The highest BCUT2D eigenvalue weighted by atomic mass is 32.2. The van der Waals surface area contributed by atoms with E-state index in [9.17, 15) is 22.8 Å². The lowest BCUT2D eigenvalue weighted by atomic mass is 9.89. The molecule has 1 fully saturated rings. The number of nitrogens with zero attached hydrogens (tertiary/aromatic N) is 1. The molecule has 2 aromatic rings. The Balaban J connectivity index is 1.46. The molecule has 0 saturated carbocycles. The number of nitrogens with two attached hydrogens (primary N) is 1. The summed E-state index contributed by atoms with van der Waals surface area (Å²) < 4.78 is 24.8. The Hall–Kier alpha value is -3.20. The Kier molecular flexibility index (Phi) is 8.21. The molecule has 3 N–H and O–H groups in total. The van der Waals surface area contributed by atoms with Crippen LogP contribution >= 0.6 is 0 Å². The van der Waals surface area contributed by atoms with Crippen molar-refractivity contribution in [3.63, 3.8) is 0 Å². The first-order chi connectivity index (χ1) is 15.7. The number of benzene rings is 2. The Morgan fingerprint density at radius 3 is 2.15 bits per heavy atom. The first-order valence-electron chi connectivity index (χ1n) is 11.0. The van der Waals surface area contributed by atoms with Crippen molar-refractivity contribution < 1.29 is 22.8 Å². The van der Waals surface area contributed by atoms with Gasteiger partial charge >= 0.3 is 0 Å². The van der Waals surface area contributed by atoms with Crippen molar-refractivity contribution in [2.45, 2.75) is 42.9 Å². The molecule has 33 heavy (non-hydrogen) atoms. The fraction of sp³-hybridized carbons (Fsp3) is 0.375. The zero-order valence-electron chi connectivity index (χ0n) is 18.4. The molecule has 2 aromatic carbocycles. The number of amides is 3. The number of anilines is 1. The number of nitrogens with one attached hydrogen (secondary N) is 1. The summed E-state index contributed by atoms with van der Waals surface area (Å²) in [5, 5.41) is 2.74. The number of hydrogen-bond donors (Lipinski definition) is 2. The van der Waals surface area contributed by atoms with Crippen molar-refractivity contribution >= 4 is 33.2 Å². The van der Waals surface area contributed by atoms with E-state index in [1.807, 2.05) is 24.3 Å². The second-order valence-corrected chi connectivity index (χ2v) is 10.3. The van der Waals surface area contributed by atoms with E-state index >= 15 is 0 Å². The molecule has 1 aliphatic heterocycles. The van der Waals surface area contributed by atoms with E-state index in [2.05, 4.69) is 5.32 Å². The maximum atomic E-state index is 12.6. The van der Waals surface area contributed by atoms with E-state index in [1.54, 1.807) is 35.2 Å². The first-order valence-corrected chi connectivity index (χ1v) is 12.6. The zero-order valence-corrected chi connectivity index (χ0v) is 19.2. The topological polar surface area (TPSA) is 127 Å². The van der Waals surface area contributed by atoms with Gasteiger partial charge in [-0.25, -0.2) is 8.42 Å². The summed E-state index contributed by atoms with van der Waals surface area (Å²) in [6.07, 6.45) is 1.63. The molecule has 0 radical (unpaired) electrons. The molecule has 9 heteroatoms. The molecule has 1 heterocycles. The molecule has 3 amide bonds. The summed E-state index contributed by atoms with van der Waals surface area (Å²) in [5.41, 5.74) is 6.84. The molecule has 0 spiro atoms. The van der Waals surface area contributed by atoms with Gasteiger partial charge in [0.2, 0.25) is 17.7 Å². The van der Waals surface area contributed by atoms with Crippen LogP contribution in [0.1, 0.15) is 43.6 Å². The minimum atomic E-state index is -3.47. The number of sulfone groups is 1. The second-order valence-electron chi connectivity index (χ2n) is 8.17. The summed E-state index contributed by atoms with van der Waals surface area (Å²) >= 11 is 0. The van der Waals surface area contributed by atoms with E-state index in [4.69, 9.17) is 5.73 Å². The molecule has 176 valence electrons. The number of piperidine rings is 1. The van der Waals surface area contributed by atoms with Crippen LogP contribution in [0.5, 0.6) is 0 Å². The Labute approximate surface area is 194 Å². The van der Waals surface area contributed by atoms with Crippen molar-refractivity contribution in [2.75, 3.05) is 24.2 Å². The molecular formula is C24H29N3O5S. The monoisotopic (exact) mass is 471 g/mol. The minimum Gasteiger partial charge on any atom is -0.370 e. The smallest absolute Gasteiger partial charge is 0.224 e. The largest absolute Gasteiger partial charge is 0.370 e. The zero-order chi connectivity index (χ0) is 23.8. The van der Waals surface area contributed by atoms with Gasteiger partial charge in [-0.2, -0.15) is 0 Å². The highest BCUT2D eigenvalue weighted by molar-refractivity contribution is 7.91. The Bertz CT molecular complexity index is 1080. The molecule has 0 aromatic heterocycles. The van der Waals surface area contributed by atoms with Gasteiger partial charge in [-0.05, 0) is 48.6 Å². The predicted octanol–water partition coefficient (Wildman–Crippen LogP) is 2.46. The molecule has 1 aliphatic rings. The first kappa shape index (κ1) is 24.4. The molecule has 0 aliphatic carbocycles. The Morgan fingerprint density at radius 2 is 1.55 bits per heavy atom. The normalized spacial score (nSPS) is 14.6. The fourth-order valence-electron chi connectivity index (χ4n) is 3.89. The van der Waals surface area contributed by atoms with Crippen molar-refractivity contribution in [3.8, 4) is 0 Å². The number of carbonyl (C=O) groups is 3. The second kappa shape index (κ2) is 11.1. The summed E-state index contributed by atoms with van der Waals surface area (Å²) in [6, 6.07) is 15.7. The van der Waals surface area contributed by atoms with Gasteiger partial charge in [0.15, 0.2) is 9.84 Å². The number of primary amides is 1. The average molecular weight is 472 g/mol. The van der Waals surface area contributed by atoms with Crippen LogP contribution in [0.2, 0.25) is 0 Å². The van der Waals surface area contributed by atoms with Crippen LogP contribution in [-0.4, -0.2) is 49.9 Å². The van der Waals surface area contributed by atoms with Gasteiger partial charge in [-0.3, -0.25) is 14.4 Å². The van der Waals surface area contributed by atoms with Crippen LogP contribution in [0, 0.1) is 0 Å². The van der Waals surface area contributed by atoms with Crippen molar-refractivity contribution in [1.29, 1.82) is 0 Å². The van der Waals surface area contributed by atoms with E-state index in [1.165, 1.54) is 0 Å². The minimum absolute atomic E-state index is 0.0133. The molecular weight excluding hydrogens is 442 g/mol. The van der Waals surface area contributed by atoms with Gasteiger partial charge in [0.1, 0.15) is 0 Å². The Morgan fingerprint density at radius 1 is 0.909 bits per heavy atom. The maximum Gasteiger partial charge on any atom is 0.224 e. The molecule has 1 saturated heterocycles. The summed E-state index contributed by atoms with van der Waals surface area (Å²) in [4.78, 5) is 37.1. The summed E-state index contributed by atoms with van der Waals surface area (Å²) in [7, 11) is -3.47. The standard InChI is InChI=1S/C24H29N3O5S/c25-22(28)10-11-23(29)26-20-8-6-18(7-9-20)19-12-15-27(16-13-19)24(30)14-17-33(31,32)21-4-2-1-3-5-21/h1-9,19H,10-17H2,(H2,25,28)(H,26,29). The SMILES string of the molecule is NC(=O)CCC(=O)Nc1ccc(C2CCN(C(=O)CCS(=O)(=O)c3ccccc3)CC2)cc1. The number of carbonyl (C=O) groups excluding carboxylic acids is 3. The van der Waals surface area contributed by atoms with Crippen LogP contribution in [0.4, 0.5) is 5.69 Å². The highest BCUT2D eigenvalue weighted by Crippen LogP contribution is 2.29. The lowest BCUT2D eigenvalue weighted by Crippen LogP contribution is -2.38. The summed E-state index contributed by atoms with van der Waals surface area (Å²) in [5.74, 6) is -0.808. The average Bonchev–Trinajstić information content (AvgIpc) is 2.82. The summed E-state index contributed by atoms with van der Waals surface area (Å²) in [6.45, 7) is 1.17. The van der Waals surface area contributed by atoms with E-state index in [0.29, 0.717) is 24.7 Å². The number of hydrogen-bond acceptors (Lipinski definition) is 5. The van der Waals surface area contributed by atoms with Crippen molar-refractivity contribution in [1.82, 2.24) is 4.90 Å². The van der Waals surface area contributed by atoms with Gasteiger partial charge in [-0.1, -0.05) is 30.3 Å². The lowest BCUT2D eigenvalue weighted by molar-refractivity contribution is -0.131. The number of likely N-dealkylation sites (tertiary alicyclic amines) is 1. The van der Waals surface area contributed by atoms with E-state index in [-0.39, 0.29) is 41.7 Å². The quantitative estimate of drug-likeness (QED) is 0.581. The lowest BCUT2D eigenvalue weighted by Gasteiger charge is -2.32. The van der Waals surface area contributed by atoms with Gasteiger partial charge in [0, 0.05) is 38.0 Å². The van der Waals surface area contributed by atoms with Crippen LogP contribution in [0.25, 0.3) is 0 Å². The fourth-order valence-corrected chi connectivity index (χ4v) is 5.14. The maximum absolute atomic E-state index is 12.6. The molecule has 0 atom stereocenters. The predicted molar refractivity (Wildman–Crippen MR) is 125 cm³/mol. The molecule has 0 unspecified atom stereocenters. The molecule has 0 bridgehead atoms. The van der Waals surface area contributed by atoms with Crippen LogP contribution < -0.4 is 11.1 Å². The van der Waals surface area contributed by atoms with E-state index < -0.39 is 15.7 Å². The van der Waals surface area contributed by atoms with Crippen LogP contribution in [0.3, 0.4) is 0 Å². The van der Waals surface area contributed by atoms with Crippen molar-refractivity contribution in [3.05, 3.63) is 60.2 Å². The van der Waals surface area contributed by atoms with Crippen molar-refractivity contribution in [2.24, 2.45) is 5.73 Å². The van der Waals surface area contributed by atoms with Gasteiger partial charge in [-0.15, -0.1) is 0 Å². The van der Waals surface area contributed by atoms with Gasteiger partial charge < -0.3 is 16.0 Å². The third-order valence-corrected chi connectivity index (χ3v) is 7.53. The molecule has 8 nitrogen and oxygen atoms in total. The number of rotatable bonds is 9. The third-order valence-electron chi connectivity index (χ3n) is 5.80. The van der Waals surface area contributed by atoms with Crippen LogP contribution in [-0.2, 0) is 24.2 Å². The van der Waals surface area contributed by atoms with Gasteiger partial charge in [0.25, 0.3) is 0 Å². The highest BCUT2D eigenvalue weighted by Gasteiger charge is 2.25. The molecule has 3 rings (SSSR count). The third kappa shape index (κ3) is 7.15. The van der Waals surface area contributed by atoms with Crippen LogP contribution in [0.15, 0.2) is 59.5 Å². The van der Waals surface area contributed by atoms with Gasteiger partial charge in [0.05, 0.1) is 10.6 Å².